The number of fused-ring (bicyclic) bond motifs is 4. The zero-order valence-electron chi connectivity index (χ0n) is 13.8. The second kappa shape index (κ2) is 5.26. The van der Waals surface area contributed by atoms with Crippen molar-refractivity contribution in [1.29, 1.82) is 0 Å². The summed E-state index contributed by atoms with van der Waals surface area (Å²) in [6.07, 6.45) is 8.09. The van der Waals surface area contributed by atoms with E-state index >= 15 is 0 Å². The fraction of sp³-hybridized carbons (Fsp3) is 0.944. The maximum atomic E-state index is 12.4. The molecule has 1 saturated heterocycles. The lowest BCUT2D eigenvalue weighted by Gasteiger charge is -2.61. The minimum Gasteiger partial charge on any atom is -0.481 e. The van der Waals surface area contributed by atoms with E-state index in [2.05, 4.69) is 26.1 Å². The van der Waals surface area contributed by atoms with Crippen LogP contribution in [-0.2, 0) is 4.79 Å². The highest BCUT2D eigenvalue weighted by molar-refractivity contribution is 5.76. The monoisotopic (exact) mass is 293 g/mol. The molecule has 0 aromatic rings. The second-order valence-electron chi connectivity index (χ2n) is 8.34. The van der Waals surface area contributed by atoms with Crippen LogP contribution in [0.25, 0.3) is 0 Å². The first-order valence-electron chi connectivity index (χ1n) is 8.87. The number of carbonyl (C=O) groups is 1. The van der Waals surface area contributed by atoms with Crippen molar-refractivity contribution in [1.82, 2.24) is 5.32 Å². The zero-order valence-corrected chi connectivity index (χ0v) is 13.8. The Labute approximate surface area is 128 Å². The Bertz CT molecular complexity index is 423. The minimum atomic E-state index is -0.552. The summed E-state index contributed by atoms with van der Waals surface area (Å²) >= 11 is 0. The molecule has 1 heterocycles. The Morgan fingerprint density at radius 1 is 1.19 bits per heavy atom. The molecule has 0 radical (unpaired) electrons. The van der Waals surface area contributed by atoms with Gasteiger partial charge in [-0.25, -0.2) is 0 Å². The van der Waals surface area contributed by atoms with E-state index in [1.165, 1.54) is 32.1 Å². The van der Waals surface area contributed by atoms with Crippen molar-refractivity contribution in [2.24, 2.45) is 28.6 Å². The van der Waals surface area contributed by atoms with Gasteiger partial charge in [0.2, 0.25) is 0 Å². The van der Waals surface area contributed by atoms with E-state index < -0.39 is 11.4 Å². The first-order valence-corrected chi connectivity index (χ1v) is 8.87. The number of nitrogens with one attached hydrogen (secondary N) is 1. The molecule has 2 aliphatic carbocycles. The number of hydrogen-bond donors (Lipinski definition) is 2. The first kappa shape index (κ1) is 15.3. The van der Waals surface area contributed by atoms with Gasteiger partial charge >= 0.3 is 5.97 Å². The average Bonchev–Trinajstić information content (AvgIpc) is 2.43. The number of aliphatic carboxylic acids is 1. The van der Waals surface area contributed by atoms with Gasteiger partial charge in [0.25, 0.3) is 0 Å². The Kier molecular flexibility index (Phi) is 3.84. The molecule has 2 N–H and O–H groups in total. The van der Waals surface area contributed by atoms with Gasteiger partial charge in [0.05, 0.1) is 5.41 Å². The highest BCUT2D eigenvalue weighted by atomic mass is 16.4. The molecule has 3 rings (SSSR count). The van der Waals surface area contributed by atoms with Crippen molar-refractivity contribution in [3.63, 3.8) is 0 Å². The summed E-state index contributed by atoms with van der Waals surface area (Å²) in [5.41, 5.74) is -0.582. The Morgan fingerprint density at radius 2 is 1.95 bits per heavy atom. The van der Waals surface area contributed by atoms with Gasteiger partial charge in [0.1, 0.15) is 0 Å². The highest BCUT2D eigenvalue weighted by Crippen LogP contribution is 2.63. The standard InChI is InChI=1S/C18H31NO2/c1-12-7-8-14-10-18(11-19-12,16(20)21)17(3)9-5-4-6-15(17)13(14)2/h12-15,19H,4-11H2,1-3H3,(H,20,21). The quantitative estimate of drug-likeness (QED) is 0.775. The molecule has 2 saturated carbocycles. The minimum absolute atomic E-state index is 0.0307. The summed E-state index contributed by atoms with van der Waals surface area (Å²) in [5.74, 6) is 1.33. The Balaban J connectivity index is 2.06. The molecule has 6 atom stereocenters. The normalized spacial score (nSPS) is 50.6. The van der Waals surface area contributed by atoms with Gasteiger partial charge in [0.15, 0.2) is 0 Å². The highest BCUT2D eigenvalue weighted by Gasteiger charge is 2.63. The molecular weight excluding hydrogens is 262 g/mol. The van der Waals surface area contributed by atoms with Gasteiger partial charge in [-0.1, -0.05) is 26.7 Å². The SMILES string of the molecule is CC1CCC2CC(C(=O)O)(CN1)C1(C)CCCCC1C2C. The van der Waals surface area contributed by atoms with Crippen LogP contribution in [0.4, 0.5) is 0 Å². The van der Waals surface area contributed by atoms with Crippen molar-refractivity contribution in [3.05, 3.63) is 0 Å². The molecule has 0 spiro atoms. The first-order chi connectivity index (χ1) is 9.91. The molecule has 3 nitrogen and oxygen atoms in total. The largest absolute Gasteiger partial charge is 0.481 e. The van der Waals surface area contributed by atoms with E-state index in [0.29, 0.717) is 30.3 Å². The van der Waals surface area contributed by atoms with Gasteiger partial charge in [-0.15, -0.1) is 0 Å². The predicted molar refractivity (Wildman–Crippen MR) is 84.1 cm³/mol. The number of hydrogen-bond acceptors (Lipinski definition) is 2. The molecule has 3 fully saturated rings. The summed E-state index contributed by atoms with van der Waals surface area (Å²) < 4.78 is 0. The number of carboxylic acids is 1. The number of carboxylic acid groups (broad SMARTS) is 1. The molecular formula is C18H31NO2. The molecule has 1 aliphatic heterocycles. The van der Waals surface area contributed by atoms with Gasteiger partial charge in [-0.05, 0) is 62.2 Å². The number of rotatable bonds is 1. The van der Waals surface area contributed by atoms with Gasteiger partial charge in [0, 0.05) is 12.6 Å². The Morgan fingerprint density at radius 3 is 2.67 bits per heavy atom. The zero-order chi connectivity index (χ0) is 15.3. The lowest BCUT2D eigenvalue weighted by Crippen LogP contribution is -2.63. The van der Waals surface area contributed by atoms with E-state index in [-0.39, 0.29) is 5.41 Å². The van der Waals surface area contributed by atoms with Crippen LogP contribution in [0, 0.1) is 28.6 Å². The van der Waals surface area contributed by atoms with Gasteiger partial charge in [-0.2, -0.15) is 0 Å². The van der Waals surface area contributed by atoms with Crippen LogP contribution in [0.3, 0.4) is 0 Å². The van der Waals surface area contributed by atoms with Crippen molar-refractivity contribution < 1.29 is 9.90 Å². The second-order valence-corrected chi connectivity index (χ2v) is 8.34. The van der Waals surface area contributed by atoms with E-state index in [1.807, 2.05) is 0 Å². The maximum Gasteiger partial charge on any atom is 0.311 e. The Hall–Kier alpha value is -0.570. The summed E-state index contributed by atoms with van der Waals surface area (Å²) in [7, 11) is 0. The lowest BCUT2D eigenvalue weighted by molar-refractivity contribution is -0.184. The van der Waals surface area contributed by atoms with Crippen molar-refractivity contribution in [2.75, 3.05) is 6.54 Å². The van der Waals surface area contributed by atoms with Crippen LogP contribution in [-0.4, -0.2) is 23.7 Å². The van der Waals surface area contributed by atoms with Crippen molar-refractivity contribution in [2.45, 2.75) is 71.8 Å². The van der Waals surface area contributed by atoms with Crippen molar-refractivity contribution >= 4 is 5.97 Å². The molecule has 3 heteroatoms. The smallest absolute Gasteiger partial charge is 0.311 e. The molecule has 0 aromatic heterocycles. The topological polar surface area (TPSA) is 49.3 Å². The van der Waals surface area contributed by atoms with Crippen molar-refractivity contribution in [3.8, 4) is 0 Å². The van der Waals surface area contributed by atoms with Crippen LogP contribution in [0.15, 0.2) is 0 Å². The fourth-order valence-corrected chi connectivity index (χ4v) is 5.95. The third-order valence-electron chi connectivity index (χ3n) is 7.49. The average molecular weight is 293 g/mol. The summed E-state index contributed by atoms with van der Waals surface area (Å²) in [6, 6.07) is 0.447. The lowest BCUT2D eigenvalue weighted by atomic mass is 9.43. The molecule has 21 heavy (non-hydrogen) atoms. The van der Waals surface area contributed by atoms with Crippen LogP contribution >= 0.6 is 0 Å². The summed E-state index contributed by atoms with van der Waals surface area (Å²) in [4.78, 5) is 12.4. The molecule has 2 bridgehead atoms. The van der Waals surface area contributed by atoms with Gasteiger partial charge < -0.3 is 10.4 Å². The molecule has 120 valence electrons. The summed E-state index contributed by atoms with van der Waals surface area (Å²) in [5, 5.41) is 13.7. The molecule has 0 aromatic carbocycles. The third-order valence-corrected chi connectivity index (χ3v) is 7.49. The predicted octanol–water partition coefficient (Wildman–Crippen LogP) is 3.68. The van der Waals surface area contributed by atoms with Crippen LogP contribution in [0.2, 0.25) is 0 Å². The fourth-order valence-electron chi connectivity index (χ4n) is 5.95. The molecule has 3 aliphatic rings. The van der Waals surface area contributed by atoms with E-state index in [1.54, 1.807) is 0 Å². The van der Waals surface area contributed by atoms with Gasteiger partial charge in [-0.3, -0.25) is 4.79 Å². The maximum absolute atomic E-state index is 12.4. The van der Waals surface area contributed by atoms with E-state index in [4.69, 9.17) is 0 Å². The molecule has 0 amide bonds. The van der Waals surface area contributed by atoms with E-state index in [0.717, 1.165) is 12.8 Å². The van der Waals surface area contributed by atoms with Crippen LogP contribution in [0.5, 0.6) is 0 Å². The summed E-state index contributed by atoms with van der Waals surface area (Å²) in [6.45, 7) is 7.58. The third kappa shape index (κ3) is 2.15. The van der Waals surface area contributed by atoms with Crippen LogP contribution in [0.1, 0.15) is 65.7 Å². The van der Waals surface area contributed by atoms with E-state index in [9.17, 15) is 9.90 Å². The van der Waals surface area contributed by atoms with Crippen LogP contribution < -0.4 is 5.32 Å². The molecule has 6 unspecified atom stereocenters.